The number of methoxy groups -OCH3 is 1. The van der Waals surface area contributed by atoms with E-state index in [9.17, 15) is 9.18 Å². The van der Waals surface area contributed by atoms with Gasteiger partial charge in [-0.2, -0.15) is 0 Å². The van der Waals surface area contributed by atoms with Crippen molar-refractivity contribution in [2.45, 2.75) is 18.2 Å². The second kappa shape index (κ2) is 10.8. The minimum Gasteiger partial charge on any atom is -0.497 e. The van der Waals surface area contributed by atoms with E-state index in [0.29, 0.717) is 29.8 Å². The number of ether oxygens (including phenoxy) is 2. The molecule has 0 spiro atoms. The van der Waals surface area contributed by atoms with Gasteiger partial charge in [-0.3, -0.25) is 4.79 Å². The molecular weight excluding hydrogens is 457 g/mol. The Morgan fingerprint density at radius 2 is 1.68 bits per heavy atom. The molecule has 1 atom stereocenters. The van der Waals surface area contributed by atoms with E-state index in [-0.39, 0.29) is 23.6 Å². The van der Waals surface area contributed by atoms with Gasteiger partial charge in [0, 0.05) is 38.9 Å². The number of anilines is 1. The quantitative estimate of drug-likeness (QED) is 0.452. The molecule has 2 aromatic carbocycles. The molecule has 3 aromatic rings. The van der Waals surface area contributed by atoms with Gasteiger partial charge in [-0.15, -0.1) is 10.2 Å². The lowest BCUT2D eigenvalue weighted by Gasteiger charge is -2.36. The molecule has 1 aliphatic rings. The Balaban J connectivity index is 1.27. The van der Waals surface area contributed by atoms with Crippen molar-refractivity contribution < 1.29 is 18.7 Å². The molecule has 4 rings (SSSR count). The van der Waals surface area contributed by atoms with Crippen molar-refractivity contribution in [3.8, 4) is 11.5 Å². The molecule has 0 bridgehead atoms. The first kappa shape index (κ1) is 23.9. The number of benzene rings is 2. The van der Waals surface area contributed by atoms with Crippen molar-refractivity contribution in [3.63, 3.8) is 0 Å². The van der Waals surface area contributed by atoms with Gasteiger partial charge in [-0.05, 0) is 55.5 Å². The number of carbonyl (C=O) groups is 1. The maximum atomic E-state index is 13.1. The number of halogens is 1. The van der Waals surface area contributed by atoms with Gasteiger partial charge in [0.05, 0.1) is 12.9 Å². The zero-order valence-electron chi connectivity index (χ0n) is 19.5. The molecule has 1 aliphatic heterocycles. The van der Waals surface area contributed by atoms with Crippen LogP contribution >= 0.6 is 11.8 Å². The van der Waals surface area contributed by atoms with Crippen LogP contribution in [0.15, 0.2) is 53.7 Å². The third-order valence-corrected chi connectivity index (χ3v) is 6.76. The van der Waals surface area contributed by atoms with Crippen LogP contribution in [-0.2, 0) is 11.8 Å². The first-order valence-corrected chi connectivity index (χ1v) is 12.0. The third-order valence-electron chi connectivity index (χ3n) is 5.75. The summed E-state index contributed by atoms with van der Waals surface area (Å²) in [4.78, 5) is 16.8. The summed E-state index contributed by atoms with van der Waals surface area (Å²) < 4.78 is 26.2. The lowest BCUT2D eigenvalue weighted by molar-refractivity contribution is -0.128. The summed E-state index contributed by atoms with van der Waals surface area (Å²) in [7, 11) is 3.49. The largest absolute Gasteiger partial charge is 0.497 e. The molecular formula is C24H28FN5O3S. The zero-order chi connectivity index (χ0) is 24.1. The first-order chi connectivity index (χ1) is 16.4. The summed E-state index contributed by atoms with van der Waals surface area (Å²) in [6, 6.07) is 13.8. The predicted octanol–water partition coefficient (Wildman–Crippen LogP) is 3.54. The highest BCUT2D eigenvalue weighted by molar-refractivity contribution is 7.99. The van der Waals surface area contributed by atoms with Gasteiger partial charge < -0.3 is 23.8 Å². The van der Waals surface area contributed by atoms with Gasteiger partial charge in [-0.25, -0.2) is 4.39 Å². The van der Waals surface area contributed by atoms with Crippen molar-refractivity contribution >= 4 is 23.4 Å². The van der Waals surface area contributed by atoms with Crippen LogP contribution in [0.25, 0.3) is 0 Å². The first-order valence-electron chi connectivity index (χ1n) is 11.1. The maximum absolute atomic E-state index is 13.1. The molecule has 0 aliphatic carbocycles. The van der Waals surface area contributed by atoms with Gasteiger partial charge >= 0.3 is 0 Å². The number of amides is 1. The Kier molecular flexibility index (Phi) is 7.56. The molecule has 1 saturated heterocycles. The third kappa shape index (κ3) is 5.61. The van der Waals surface area contributed by atoms with Crippen molar-refractivity contribution in [3.05, 3.63) is 60.2 Å². The van der Waals surface area contributed by atoms with Crippen LogP contribution in [0.4, 0.5) is 10.1 Å². The van der Waals surface area contributed by atoms with Crippen molar-refractivity contribution in [2.75, 3.05) is 43.9 Å². The van der Waals surface area contributed by atoms with Gasteiger partial charge in [0.15, 0.2) is 17.1 Å². The fraction of sp³-hybridized carbons (Fsp3) is 0.375. The summed E-state index contributed by atoms with van der Waals surface area (Å²) in [6.07, 6.45) is -0.310. The monoisotopic (exact) mass is 485 g/mol. The Hall–Kier alpha value is -3.27. The minimum absolute atomic E-state index is 0.0656. The molecule has 1 amide bonds. The van der Waals surface area contributed by atoms with Crippen LogP contribution in [0.5, 0.6) is 11.5 Å². The lowest BCUT2D eigenvalue weighted by atomic mass is 10.2. The van der Waals surface area contributed by atoms with Crippen LogP contribution in [0, 0.1) is 5.82 Å². The number of hydrogen-bond acceptors (Lipinski definition) is 7. The van der Waals surface area contributed by atoms with Crippen molar-refractivity contribution in [1.29, 1.82) is 0 Å². The average molecular weight is 486 g/mol. The molecule has 0 radical (unpaired) electrons. The van der Waals surface area contributed by atoms with E-state index in [2.05, 4.69) is 15.1 Å². The van der Waals surface area contributed by atoms with E-state index < -0.39 is 0 Å². The van der Waals surface area contributed by atoms with E-state index >= 15 is 0 Å². The SMILES string of the molecule is COc1ccc(OC(C)c2nnc(SCC(=O)N3CCN(c4ccc(F)cc4)CC3)n2C)cc1. The van der Waals surface area contributed by atoms with E-state index in [0.717, 1.165) is 24.5 Å². The maximum Gasteiger partial charge on any atom is 0.233 e. The molecule has 1 fully saturated rings. The van der Waals surface area contributed by atoms with Gasteiger partial charge in [0.25, 0.3) is 0 Å². The molecule has 8 nitrogen and oxygen atoms in total. The molecule has 0 N–H and O–H groups in total. The Morgan fingerprint density at radius 1 is 1.03 bits per heavy atom. The molecule has 1 aromatic heterocycles. The van der Waals surface area contributed by atoms with Crippen LogP contribution in [0.2, 0.25) is 0 Å². The Bertz CT molecular complexity index is 1100. The van der Waals surface area contributed by atoms with Gasteiger partial charge in [-0.1, -0.05) is 11.8 Å². The molecule has 2 heterocycles. The summed E-state index contributed by atoms with van der Waals surface area (Å²) in [6.45, 7) is 4.61. The molecule has 34 heavy (non-hydrogen) atoms. The number of thioether (sulfide) groups is 1. The number of hydrogen-bond donors (Lipinski definition) is 0. The Morgan fingerprint density at radius 3 is 2.32 bits per heavy atom. The summed E-state index contributed by atoms with van der Waals surface area (Å²) >= 11 is 1.37. The topological polar surface area (TPSA) is 72.7 Å². The second-order valence-electron chi connectivity index (χ2n) is 7.97. The average Bonchev–Trinajstić information content (AvgIpc) is 3.24. The second-order valence-corrected chi connectivity index (χ2v) is 8.91. The lowest BCUT2D eigenvalue weighted by Crippen LogP contribution is -2.49. The minimum atomic E-state index is -0.310. The van der Waals surface area contributed by atoms with Crippen LogP contribution in [-0.4, -0.2) is 64.6 Å². The summed E-state index contributed by atoms with van der Waals surface area (Å²) in [5.74, 6) is 2.26. The molecule has 1 unspecified atom stereocenters. The number of rotatable bonds is 8. The highest BCUT2D eigenvalue weighted by atomic mass is 32.2. The molecule has 10 heteroatoms. The molecule has 180 valence electrons. The van der Waals surface area contributed by atoms with E-state index in [1.165, 1.54) is 23.9 Å². The van der Waals surface area contributed by atoms with E-state index in [1.54, 1.807) is 19.2 Å². The number of aromatic nitrogens is 3. The zero-order valence-corrected chi connectivity index (χ0v) is 20.3. The fourth-order valence-electron chi connectivity index (χ4n) is 3.80. The van der Waals surface area contributed by atoms with Crippen LogP contribution in [0.1, 0.15) is 18.9 Å². The normalized spacial score (nSPS) is 14.7. The highest BCUT2D eigenvalue weighted by Gasteiger charge is 2.23. The fourth-order valence-corrected chi connectivity index (χ4v) is 4.62. The van der Waals surface area contributed by atoms with Crippen LogP contribution < -0.4 is 14.4 Å². The van der Waals surface area contributed by atoms with Crippen molar-refractivity contribution in [2.24, 2.45) is 7.05 Å². The molecule has 0 saturated carbocycles. The number of nitrogens with zero attached hydrogens (tertiary/aromatic N) is 5. The van der Waals surface area contributed by atoms with Crippen molar-refractivity contribution in [1.82, 2.24) is 19.7 Å². The summed E-state index contributed by atoms with van der Waals surface area (Å²) in [5, 5.41) is 9.18. The summed E-state index contributed by atoms with van der Waals surface area (Å²) in [5.41, 5.74) is 0.973. The van der Waals surface area contributed by atoms with Gasteiger partial charge in [0.2, 0.25) is 5.91 Å². The van der Waals surface area contributed by atoms with E-state index in [4.69, 9.17) is 9.47 Å². The highest BCUT2D eigenvalue weighted by Crippen LogP contribution is 2.25. The van der Waals surface area contributed by atoms with Crippen LogP contribution in [0.3, 0.4) is 0 Å². The number of piperazine rings is 1. The standard InChI is InChI=1S/C24H28FN5O3S/c1-17(33-21-10-8-20(32-3)9-11-21)23-26-27-24(28(23)2)34-16-22(31)30-14-12-29(13-15-30)19-6-4-18(25)5-7-19/h4-11,17H,12-16H2,1-3H3. The Labute approximate surface area is 202 Å². The smallest absolute Gasteiger partial charge is 0.233 e. The van der Waals surface area contributed by atoms with Gasteiger partial charge in [0.1, 0.15) is 17.3 Å². The predicted molar refractivity (Wildman–Crippen MR) is 129 cm³/mol. The number of carbonyl (C=O) groups excluding carboxylic acids is 1. The van der Waals surface area contributed by atoms with E-state index in [1.807, 2.05) is 47.7 Å².